The van der Waals surface area contributed by atoms with E-state index in [9.17, 15) is 4.79 Å². The lowest BCUT2D eigenvalue weighted by Crippen LogP contribution is -2.42. The molecule has 0 aliphatic carbocycles. The monoisotopic (exact) mass is 283 g/mol. The largest absolute Gasteiger partial charge is 0.481 e. The lowest BCUT2D eigenvalue weighted by molar-refractivity contribution is -0.138. The van der Waals surface area contributed by atoms with Crippen molar-refractivity contribution < 1.29 is 9.90 Å². The topological polar surface area (TPSA) is 58.4 Å². The van der Waals surface area contributed by atoms with Crippen LogP contribution in [-0.2, 0) is 17.9 Å². The summed E-state index contributed by atoms with van der Waals surface area (Å²) in [5.74, 6) is 1.29. The Balaban J connectivity index is 1.95. The van der Waals surface area contributed by atoms with Crippen molar-refractivity contribution in [1.82, 2.24) is 14.7 Å². The van der Waals surface area contributed by atoms with E-state index in [-0.39, 0.29) is 12.5 Å². The highest BCUT2D eigenvalue weighted by molar-refractivity contribution is 7.99. The first kappa shape index (κ1) is 14.4. The van der Waals surface area contributed by atoms with Crippen molar-refractivity contribution in [2.45, 2.75) is 38.9 Å². The molecule has 0 amide bonds. The van der Waals surface area contributed by atoms with Crippen molar-refractivity contribution in [3.05, 3.63) is 18.0 Å². The van der Waals surface area contributed by atoms with Crippen LogP contribution >= 0.6 is 11.8 Å². The van der Waals surface area contributed by atoms with Gasteiger partial charge in [0.05, 0.1) is 12.6 Å². The number of carboxylic acid groups (broad SMARTS) is 1. The van der Waals surface area contributed by atoms with Gasteiger partial charge in [-0.25, -0.2) is 0 Å². The second-order valence-corrected chi connectivity index (χ2v) is 6.06. The van der Waals surface area contributed by atoms with Gasteiger partial charge in [-0.3, -0.25) is 14.4 Å². The maximum atomic E-state index is 10.9. The number of rotatable bonds is 6. The number of hydrogen-bond donors (Lipinski definition) is 1. The molecule has 1 aliphatic rings. The van der Waals surface area contributed by atoms with E-state index < -0.39 is 5.97 Å². The Bertz CT molecular complexity index is 422. The third kappa shape index (κ3) is 4.24. The van der Waals surface area contributed by atoms with Crippen LogP contribution in [0.25, 0.3) is 0 Å². The molecule has 1 N–H and O–H groups in total. The molecule has 2 heterocycles. The molecular formula is C13H21N3O2S. The van der Waals surface area contributed by atoms with Crippen LogP contribution in [0.4, 0.5) is 0 Å². The summed E-state index contributed by atoms with van der Waals surface area (Å²) in [7, 11) is 0. The smallest absolute Gasteiger partial charge is 0.304 e. The molecule has 2 rings (SSSR count). The van der Waals surface area contributed by atoms with Crippen molar-refractivity contribution in [3.8, 4) is 0 Å². The summed E-state index contributed by atoms with van der Waals surface area (Å²) in [5.41, 5.74) is 1.18. The van der Waals surface area contributed by atoms with E-state index >= 15 is 0 Å². The van der Waals surface area contributed by atoms with Gasteiger partial charge in [0.1, 0.15) is 0 Å². The fourth-order valence-corrected chi connectivity index (χ4v) is 3.49. The minimum absolute atomic E-state index is 0.144. The number of hydrogen-bond acceptors (Lipinski definition) is 4. The van der Waals surface area contributed by atoms with Crippen LogP contribution in [0.3, 0.4) is 0 Å². The Morgan fingerprint density at radius 1 is 1.63 bits per heavy atom. The minimum atomic E-state index is -0.709. The van der Waals surface area contributed by atoms with E-state index in [0.29, 0.717) is 0 Å². The van der Waals surface area contributed by atoms with Gasteiger partial charge in [0.25, 0.3) is 0 Å². The number of nitrogens with zero attached hydrogens (tertiary/aromatic N) is 3. The molecule has 0 saturated carbocycles. The average Bonchev–Trinajstić information content (AvgIpc) is 2.79. The van der Waals surface area contributed by atoms with Crippen LogP contribution in [0.1, 0.15) is 25.3 Å². The zero-order valence-electron chi connectivity index (χ0n) is 11.3. The van der Waals surface area contributed by atoms with E-state index in [1.807, 2.05) is 22.6 Å². The molecule has 0 bridgehead atoms. The van der Waals surface area contributed by atoms with Gasteiger partial charge >= 0.3 is 5.97 Å². The number of carboxylic acids is 1. The van der Waals surface area contributed by atoms with Crippen molar-refractivity contribution >= 4 is 17.7 Å². The van der Waals surface area contributed by atoms with Crippen molar-refractivity contribution in [2.75, 3.05) is 18.1 Å². The Morgan fingerprint density at radius 3 is 3.21 bits per heavy atom. The van der Waals surface area contributed by atoms with E-state index in [4.69, 9.17) is 5.11 Å². The van der Waals surface area contributed by atoms with E-state index in [1.54, 1.807) is 0 Å². The van der Waals surface area contributed by atoms with Crippen LogP contribution in [0, 0.1) is 0 Å². The minimum Gasteiger partial charge on any atom is -0.481 e. The molecule has 1 aromatic rings. The first-order valence-corrected chi connectivity index (χ1v) is 7.89. The number of carbonyl (C=O) groups is 1. The van der Waals surface area contributed by atoms with Crippen LogP contribution < -0.4 is 0 Å². The van der Waals surface area contributed by atoms with Gasteiger partial charge in [-0.15, -0.1) is 0 Å². The fourth-order valence-electron chi connectivity index (χ4n) is 2.36. The van der Waals surface area contributed by atoms with Gasteiger partial charge < -0.3 is 5.11 Å². The molecule has 19 heavy (non-hydrogen) atoms. The lowest BCUT2D eigenvalue weighted by Gasteiger charge is -2.34. The third-order valence-corrected chi connectivity index (χ3v) is 4.38. The predicted molar refractivity (Wildman–Crippen MR) is 76.3 cm³/mol. The molecule has 0 aromatic carbocycles. The maximum absolute atomic E-state index is 10.9. The van der Waals surface area contributed by atoms with Gasteiger partial charge in [-0.1, -0.05) is 6.92 Å². The second-order valence-electron chi connectivity index (χ2n) is 4.91. The van der Waals surface area contributed by atoms with Gasteiger partial charge in [-0.2, -0.15) is 16.9 Å². The van der Waals surface area contributed by atoms with E-state index in [0.717, 1.165) is 37.6 Å². The van der Waals surface area contributed by atoms with Crippen molar-refractivity contribution in [2.24, 2.45) is 0 Å². The standard InChI is InChI=1S/C13H21N3O2S/c1-2-3-16-9-11(7-14-16)8-15-4-5-19-10-12(15)6-13(17)18/h7,9,12H,2-6,8,10H2,1H3,(H,17,18). The number of aromatic nitrogens is 2. The molecule has 1 saturated heterocycles. The predicted octanol–water partition coefficient (Wildman–Crippen LogP) is 1.69. The Labute approximate surface area is 118 Å². The van der Waals surface area contributed by atoms with Crippen LogP contribution in [0.15, 0.2) is 12.4 Å². The summed E-state index contributed by atoms with van der Waals surface area (Å²) in [4.78, 5) is 13.2. The summed E-state index contributed by atoms with van der Waals surface area (Å²) >= 11 is 1.85. The van der Waals surface area contributed by atoms with Crippen LogP contribution in [-0.4, -0.2) is 49.8 Å². The molecule has 5 nitrogen and oxygen atoms in total. The molecular weight excluding hydrogens is 262 g/mol. The first-order chi connectivity index (χ1) is 9.19. The average molecular weight is 283 g/mol. The van der Waals surface area contributed by atoms with Gasteiger partial charge in [-0.05, 0) is 6.42 Å². The number of aliphatic carboxylic acids is 1. The fraction of sp³-hybridized carbons (Fsp3) is 0.692. The Morgan fingerprint density at radius 2 is 2.47 bits per heavy atom. The van der Waals surface area contributed by atoms with Gasteiger partial charge in [0, 0.05) is 48.9 Å². The molecule has 0 radical (unpaired) electrons. The van der Waals surface area contributed by atoms with Gasteiger partial charge in [0.15, 0.2) is 0 Å². The summed E-state index contributed by atoms with van der Waals surface area (Å²) in [6.45, 7) is 4.84. The first-order valence-electron chi connectivity index (χ1n) is 6.74. The van der Waals surface area contributed by atoms with E-state index in [1.165, 1.54) is 5.56 Å². The molecule has 1 aromatic heterocycles. The second kappa shape index (κ2) is 6.96. The zero-order chi connectivity index (χ0) is 13.7. The normalized spacial score (nSPS) is 20.6. The quantitative estimate of drug-likeness (QED) is 0.861. The third-order valence-electron chi connectivity index (χ3n) is 3.28. The zero-order valence-corrected chi connectivity index (χ0v) is 12.1. The molecule has 1 aliphatic heterocycles. The number of aryl methyl sites for hydroxylation is 1. The molecule has 1 unspecified atom stereocenters. The highest BCUT2D eigenvalue weighted by atomic mass is 32.2. The summed E-state index contributed by atoms with van der Waals surface area (Å²) in [6.07, 6.45) is 5.28. The Kier molecular flexibility index (Phi) is 5.27. The maximum Gasteiger partial charge on any atom is 0.304 e. The van der Waals surface area contributed by atoms with Gasteiger partial charge in [0.2, 0.25) is 0 Å². The highest BCUT2D eigenvalue weighted by Gasteiger charge is 2.25. The SMILES string of the molecule is CCCn1cc(CN2CCSCC2CC(=O)O)cn1. The van der Waals surface area contributed by atoms with E-state index in [2.05, 4.69) is 23.1 Å². The molecule has 1 fully saturated rings. The molecule has 6 heteroatoms. The van der Waals surface area contributed by atoms with Crippen molar-refractivity contribution in [1.29, 1.82) is 0 Å². The Hall–Kier alpha value is -1.01. The summed E-state index contributed by atoms with van der Waals surface area (Å²) in [5, 5.41) is 13.3. The molecule has 1 atom stereocenters. The molecule has 106 valence electrons. The summed E-state index contributed by atoms with van der Waals surface area (Å²) in [6, 6.07) is 0.144. The van der Waals surface area contributed by atoms with Crippen LogP contribution in [0.2, 0.25) is 0 Å². The lowest BCUT2D eigenvalue weighted by atomic mass is 10.1. The molecule has 0 spiro atoms. The van der Waals surface area contributed by atoms with Crippen LogP contribution in [0.5, 0.6) is 0 Å². The summed E-state index contributed by atoms with van der Waals surface area (Å²) < 4.78 is 1.96. The van der Waals surface area contributed by atoms with Crippen molar-refractivity contribution in [3.63, 3.8) is 0 Å². The number of thioether (sulfide) groups is 1. The highest BCUT2D eigenvalue weighted by Crippen LogP contribution is 2.21.